The number of hydrogen-bond acceptors (Lipinski definition) is 4. The number of aryl methyl sites for hydroxylation is 1. The molecule has 0 saturated carbocycles. The van der Waals surface area contributed by atoms with Crippen LogP contribution in [0.2, 0.25) is 0 Å². The Morgan fingerprint density at radius 3 is 2.65 bits per heavy atom. The van der Waals surface area contributed by atoms with Crippen molar-refractivity contribution < 1.29 is 13.2 Å². The number of nitrogens with one attached hydrogen (secondary N) is 2. The quantitative estimate of drug-likeness (QED) is 0.841. The van der Waals surface area contributed by atoms with E-state index >= 15 is 0 Å². The van der Waals surface area contributed by atoms with E-state index in [0.717, 1.165) is 0 Å². The van der Waals surface area contributed by atoms with E-state index in [0.29, 0.717) is 38.0 Å². The van der Waals surface area contributed by atoms with E-state index in [1.165, 1.54) is 10.5 Å². The monoisotopic (exact) mass is 300 g/mol. The maximum atomic E-state index is 12.4. The Hall–Kier alpha value is -1.41. The molecule has 0 spiro atoms. The molecular weight excluding hydrogens is 280 g/mol. The van der Waals surface area contributed by atoms with E-state index in [-0.39, 0.29) is 16.8 Å². The maximum absolute atomic E-state index is 12.4. The highest BCUT2D eigenvalue weighted by atomic mass is 32.2. The molecule has 0 bridgehead atoms. The zero-order chi connectivity index (χ0) is 14.8. The van der Waals surface area contributed by atoms with Crippen LogP contribution in [0.5, 0.6) is 0 Å². The molecule has 2 rings (SSSR count). The van der Waals surface area contributed by atoms with Crippen LogP contribution < -0.4 is 5.32 Å². The van der Waals surface area contributed by atoms with Crippen molar-refractivity contribution in [2.75, 3.05) is 13.1 Å². The molecule has 1 amide bonds. The van der Waals surface area contributed by atoms with E-state index in [1.807, 2.05) is 0 Å². The molecule has 1 saturated heterocycles. The molecule has 1 aliphatic heterocycles. The molecule has 1 aliphatic rings. The van der Waals surface area contributed by atoms with Crippen molar-refractivity contribution in [2.45, 2.75) is 44.0 Å². The Morgan fingerprint density at radius 2 is 2.15 bits per heavy atom. The first-order valence-corrected chi connectivity index (χ1v) is 8.18. The lowest BCUT2D eigenvalue weighted by Crippen LogP contribution is -2.46. The summed E-state index contributed by atoms with van der Waals surface area (Å²) < 4.78 is 26.3. The van der Waals surface area contributed by atoms with Crippen LogP contribution >= 0.6 is 0 Å². The normalized spacial score (nSPS) is 18.1. The van der Waals surface area contributed by atoms with Gasteiger partial charge in [-0.15, -0.1) is 0 Å². The second kappa shape index (κ2) is 5.92. The third-order valence-corrected chi connectivity index (χ3v) is 5.55. The summed E-state index contributed by atoms with van der Waals surface area (Å²) in [6, 6.07) is 0.0688. The van der Waals surface area contributed by atoms with Crippen molar-refractivity contribution in [3.8, 4) is 0 Å². The number of aromatic amines is 1. The fraction of sp³-hybridized carbons (Fsp3) is 0.667. The van der Waals surface area contributed by atoms with E-state index in [4.69, 9.17) is 0 Å². The zero-order valence-corrected chi connectivity index (χ0v) is 12.5. The van der Waals surface area contributed by atoms with Crippen LogP contribution in [-0.4, -0.2) is 48.0 Å². The van der Waals surface area contributed by atoms with Gasteiger partial charge in [-0.2, -0.15) is 9.40 Å². The van der Waals surface area contributed by atoms with Gasteiger partial charge in [0.05, 0.1) is 11.9 Å². The van der Waals surface area contributed by atoms with Gasteiger partial charge in [0.2, 0.25) is 15.9 Å². The molecule has 2 heterocycles. The van der Waals surface area contributed by atoms with E-state index < -0.39 is 10.0 Å². The van der Waals surface area contributed by atoms with Crippen LogP contribution in [0.4, 0.5) is 0 Å². The third-order valence-electron chi connectivity index (χ3n) is 3.54. The molecule has 7 nitrogen and oxygen atoms in total. The number of piperidine rings is 1. The molecule has 20 heavy (non-hydrogen) atoms. The molecule has 8 heteroatoms. The van der Waals surface area contributed by atoms with Crippen molar-refractivity contribution in [1.29, 1.82) is 0 Å². The smallest absolute Gasteiger partial charge is 0.246 e. The van der Waals surface area contributed by atoms with Crippen LogP contribution in [0.15, 0.2) is 11.1 Å². The lowest BCUT2D eigenvalue weighted by Gasteiger charge is -2.31. The Kier molecular flexibility index (Phi) is 4.44. The second-order valence-electron chi connectivity index (χ2n) is 4.96. The van der Waals surface area contributed by atoms with Gasteiger partial charge in [-0.05, 0) is 19.8 Å². The number of nitrogens with zero attached hydrogens (tertiary/aromatic N) is 2. The van der Waals surface area contributed by atoms with Gasteiger partial charge in [-0.1, -0.05) is 6.92 Å². The Morgan fingerprint density at radius 1 is 1.50 bits per heavy atom. The van der Waals surface area contributed by atoms with Gasteiger partial charge in [-0.25, -0.2) is 8.42 Å². The standard InChI is InChI=1S/C12H20N4O3S/c1-3-12(17)14-10-4-6-16(7-5-10)20(18,19)11-8-13-15-9(11)2/h8,10H,3-7H2,1-2H3,(H,13,15)(H,14,17). The predicted octanol–water partition coefficient (Wildman–Crippen LogP) is 0.397. The molecule has 0 aliphatic carbocycles. The number of sulfonamides is 1. The Bertz CT molecular complexity index is 573. The van der Waals surface area contributed by atoms with Crippen molar-refractivity contribution in [2.24, 2.45) is 0 Å². The fourth-order valence-corrected chi connectivity index (χ4v) is 3.90. The number of carbonyl (C=O) groups is 1. The second-order valence-corrected chi connectivity index (χ2v) is 6.87. The van der Waals surface area contributed by atoms with Gasteiger partial charge in [0, 0.05) is 25.6 Å². The first kappa shape index (κ1) is 15.0. The SMILES string of the molecule is CCC(=O)NC1CCN(S(=O)(=O)c2cn[nH]c2C)CC1. The van der Waals surface area contributed by atoms with Gasteiger partial charge in [0.1, 0.15) is 4.90 Å². The molecule has 1 aromatic rings. The molecule has 1 fully saturated rings. The summed E-state index contributed by atoms with van der Waals surface area (Å²) in [7, 11) is -3.48. The van der Waals surface area contributed by atoms with Crippen LogP contribution in [0.1, 0.15) is 31.9 Å². The molecule has 112 valence electrons. The largest absolute Gasteiger partial charge is 0.353 e. The highest BCUT2D eigenvalue weighted by Gasteiger charge is 2.31. The van der Waals surface area contributed by atoms with Crippen molar-refractivity contribution >= 4 is 15.9 Å². The minimum absolute atomic E-state index is 0.0111. The van der Waals surface area contributed by atoms with Gasteiger partial charge < -0.3 is 5.32 Å². The number of amides is 1. The van der Waals surface area contributed by atoms with Crippen LogP contribution in [0.25, 0.3) is 0 Å². The highest BCUT2D eigenvalue weighted by molar-refractivity contribution is 7.89. The van der Waals surface area contributed by atoms with Gasteiger partial charge >= 0.3 is 0 Å². The van der Waals surface area contributed by atoms with Crippen LogP contribution in [-0.2, 0) is 14.8 Å². The average Bonchev–Trinajstić information content (AvgIpc) is 2.86. The number of H-pyrrole nitrogens is 1. The molecular formula is C12H20N4O3S. The minimum atomic E-state index is -3.48. The van der Waals surface area contributed by atoms with Crippen LogP contribution in [0, 0.1) is 6.92 Å². The maximum Gasteiger partial charge on any atom is 0.246 e. The van der Waals surface area contributed by atoms with E-state index in [2.05, 4.69) is 15.5 Å². The van der Waals surface area contributed by atoms with Crippen molar-refractivity contribution in [3.05, 3.63) is 11.9 Å². The third kappa shape index (κ3) is 3.01. The summed E-state index contributed by atoms with van der Waals surface area (Å²) in [5.74, 6) is 0.0111. The summed E-state index contributed by atoms with van der Waals surface area (Å²) in [6.07, 6.45) is 3.08. The lowest BCUT2D eigenvalue weighted by atomic mass is 10.1. The number of rotatable bonds is 4. The van der Waals surface area contributed by atoms with E-state index in [1.54, 1.807) is 13.8 Å². The minimum Gasteiger partial charge on any atom is -0.353 e. The molecule has 0 radical (unpaired) electrons. The summed E-state index contributed by atoms with van der Waals surface area (Å²) in [4.78, 5) is 11.6. The molecule has 1 aromatic heterocycles. The topological polar surface area (TPSA) is 95.2 Å². The molecule has 0 atom stereocenters. The summed E-state index contributed by atoms with van der Waals surface area (Å²) >= 11 is 0. The molecule has 0 unspecified atom stereocenters. The predicted molar refractivity (Wildman–Crippen MR) is 73.5 cm³/mol. The number of carbonyl (C=O) groups excluding carboxylic acids is 1. The summed E-state index contributed by atoms with van der Waals surface area (Å²) in [5, 5.41) is 9.31. The van der Waals surface area contributed by atoms with Crippen molar-refractivity contribution in [1.82, 2.24) is 19.8 Å². The number of hydrogen-bond donors (Lipinski definition) is 2. The van der Waals surface area contributed by atoms with Crippen LogP contribution in [0.3, 0.4) is 0 Å². The summed E-state index contributed by atoms with van der Waals surface area (Å²) in [6.45, 7) is 4.33. The van der Waals surface area contributed by atoms with Gasteiger partial charge in [0.25, 0.3) is 0 Å². The lowest BCUT2D eigenvalue weighted by molar-refractivity contribution is -0.121. The van der Waals surface area contributed by atoms with Crippen molar-refractivity contribution in [3.63, 3.8) is 0 Å². The summed E-state index contributed by atoms with van der Waals surface area (Å²) in [5.41, 5.74) is 0.548. The Labute approximate surface area is 118 Å². The zero-order valence-electron chi connectivity index (χ0n) is 11.7. The van der Waals surface area contributed by atoms with E-state index in [9.17, 15) is 13.2 Å². The van der Waals surface area contributed by atoms with Gasteiger partial charge in [0.15, 0.2) is 0 Å². The highest BCUT2D eigenvalue weighted by Crippen LogP contribution is 2.22. The average molecular weight is 300 g/mol. The fourth-order valence-electron chi connectivity index (χ4n) is 2.31. The first-order chi connectivity index (χ1) is 9.45. The molecule has 0 aromatic carbocycles. The Balaban J connectivity index is 2.00. The van der Waals surface area contributed by atoms with Gasteiger partial charge in [-0.3, -0.25) is 9.89 Å². The first-order valence-electron chi connectivity index (χ1n) is 6.74. The number of aromatic nitrogens is 2. The molecule has 2 N–H and O–H groups in total.